The van der Waals surface area contributed by atoms with Crippen LogP contribution in [0.15, 0.2) is 156 Å². The Morgan fingerprint density at radius 3 is 1.78 bits per heavy atom. The predicted molar refractivity (Wildman–Crippen MR) is 209 cm³/mol. The molecule has 0 N–H and O–H groups in total. The lowest BCUT2D eigenvalue weighted by Crippen LogP contribution is -2.17. The Morgan fingerprint density at radius 2 is 0.960 bits per heavy atom. The average Bonchev–Trinajstić information content (AvgIpc) is 3.71. The fraction of sp³-hybridized carbons (Fsp3) is 0.125. The fourth-order valence-corrected chi connectivity index (χ4v) is 8.86. The van der Waals surface area contributed by atoms with Crippen LogP contribution in [0, 0.1) is 0 Å². The molecule has 0 fully saturated rings. The molecule has 0 unspecified atom stereocenters. The summed E-state index contributed by atoms with van der Waals surface area (Å²) < 4.78 is 6.30. The molecule has 1 heterocycles. The zero-order valence-electron chi connectivity index (χ0n) is 28.8. The Bertz CT molecular complexity index is 2670. The summed E-state index contributed by atoms with van der Waals surface area (Å²) in [7, 11) is 0. The van der Waals surface area contributed by atoms with Crippen LogP contribution in [0.25, 0.3) is 55.3 Å². The third-order valence-corrected chi connectivity index (χ3v) is 11.5. The van der Waals surface area contributed by atoms with Gasteiger partial charge in [-0.2, -0.15) is 0 Å². The van der Waals surface area contributed by atoms with E-state index < -0.39 is 0 Å². The summed E-state index contributed by atoms with van der Waals surface area (Å²) in [5.41, 5.74) is 18.2. The van der Waals surface area contributed by atoms with Crippen molar-refractivity contribution in [3.63, 3.8) is 0 Å². The van der Waals surface area contributed by atoms with Crippen LogP contribution in [-0.2, 0) is 10.8 Å². The van der Waals surface area contributed by atoms with Crippen LogP contribution in [0.2, 0.25) is 0 Å². The van der Waals surface area contributed by atoms with Crippen molar-refractivity contribution in [1.29, 1.82) is 0 Å². The average molecular weight is 644 g/mol. The normalized spacial score (nSPS) is 14.7. The van der Waals surface area contributed by atoms with Crippen molar-refractivity contribution < 1.29 is 4.42 Å². The van der Waals surface area contributed by atoms with E-state index in [0.717, 1.165) is 50.1 Å². The molecule has 8 aromatic rings. The van der Waals surface area contributed by atoms with Crippen LogP contribution in [0.4, 0.5) is 17.1 Å². The molecule has 7 aromatic carbocycles. The van der Waals surface area contributed by atoms with Gasteiger partial charge in [0.2, 0.25) is 0 Å². The maximum absolute atomic E-state index is 6.30. The highest BCUT2D eigenvalue weighted by atomic mass is 16.3. The number of furan rings is 1. The second kappa shape index (κ2) is 10.3. The molecular weight excluding hydrogens is 607 g/mol. The molecule has 0 saturated heterocycles. The standard InChI is InChI=1S/C48H37NO/c1-47(2)42-18-9-6-15-36(42)40-28-33(22-25-43(40)47)49(34-21-24-37-35-14-5-8-17-41(35)48(3,4)44(37)29-34)32-13-11-12-30(26-32)31-20-23-39-38-16-7-10-19-45(38)50-46(39)27-31/h5-29H,1-4H3. The van der Waals surface area contributed by atoms with Crippen LogP contribution in [0.3, 0.4) is 0 Å². The molecular formula is C48H37NO. The van der Waals surface area contributed by atoms with Crippen LogP contribution < -0.4 is 4.90 Å². The van der Waals surface area contributed by atoms with Crippen molar-refractivity contribution in [3.8, 4) is 33.4 Å². The van der Waals surface area contributed by atoms with E-state index in [1.54, 1.807) is 0 Å². The molecule has 0 radical (unpaired) electrons. The quantitative estimate of drug-likeness (QED) is 0.190. The van der Waals surface area contributed by atoms with Gasteiger partial charge in [0.05, 0.1) is 0 Å². The first kappa shape index (κ1) is 29.1. The molecule has 0 bridgehead atoms. The maximum atomic E-state index is 6.30. The van der Waals surface area contributed by atoms with E-state index in [0.29, 0.717) is 0 Å². The molecule has 1 aromatic heterocycles. The van der Waals surface area contributed by atoms with Gasteiger partial charge in [0, 0.05) is 38.7 Å². The summed E-state index contributed by atoms with van der Waals surface area (Å²) in [5, 5.41) is 2.29. The van der Waals surface area contributed by atoms with Crippen molar-refractivity contribution in [2.45, 2.75) is 38.5 Å². The zero-order chi connectivity index (χ0) is 33.8. The lowest BCUT2D eigenvalue weighted by atomic mass is 9.82. The molecule has 240 valence electrons. The highest BCUT2D eigenvalue weighted by Gasteiger charge is 2.37. The lowest BCUT2D eigenvalue weighted by molar-refractivity contribution is 0.660. The largest absolute Gasteiger partial charge is 0.456 e. The lowest BCUT2D eigenvalue weighted by Gasteiger charge is -2.29. The number of hydrogen-bond donors (Lipinski definition) is 0. The molecule has 0 atom stereocenters. The number of hydrogen-bond acceptors (Lipinski definition) is 2. The van der Waals surface area contributed by atoms with Crippen molar-refractivity contribution >= 4 is 39.0 Å². The van der Waals surface area contributed by atoms with Gasteiger partial charge in [0.15, 0.2) is 0 Å². The third kappa shape index (κ3) is 4.08. The van der Waals surface area contributed by atoms with Crippen LogP contribution in [0.5, 0.6) is 0 Å². The van der Waals surface area contributed by atoms with Gasteiger partial charge >= 0.3 is 0 Å². The van der Waals surface area contributed by atoms with Gasteiger partial charge in [-0.15, -0.1) is 0 Å². The Kier molecular flexibility index (Phi) is 6.01. The van der Waals surface area contributed by atoms with Crippen molar-refractivity contribution in [2.75, 3.05) is 4.90 Å². The van der Waals surface area contributed by atoms with Gasteiger partial charge < -0.3 is 9.32 Å². The van der Waals surface area contributed by atoms with E-state index in [2.05, 4.69) is 172 Å². The second-order valence-corrected chi connectivity index (χ2v) is 15.0. The van der Waals surface area contributed by atoms with Gasteiger partial charge in [0.1, 0.15) is 11.2 Å². The molecule has 0 spiro atoms. The van der Waals surface area contributed by atoms with E-state index in [4.69, 9.17) is 4.42 Å². The summed E-state index contributed by atoms with van der Waals surface area (Å²) in [6, 6.07) is 55.7. The van der Waals surface area contributed by atoms with E-state index in [9.17, 15) is 0 Å². The third-order valence-electron chi connectivity index (χ3n) is 11.5. The minimum Gasteiger partial charge on any atom is -0.456 e. The molecule has 10 rings (SSSR count). The molecule has 2 nitrogen and oxygen atoms in total. The van der Waals surface area contributed by atoms with Crippen molar-refractivity contribution in [1.82, 2.24) is 0 Å². The van der Waals surface area contributed by atoms with Gasteiger partial charge in [-0.1, -0.05) is 125 Å². The van der Waals surface area contributed by atoms with E-state index >= 15 is 0 Å². The van der Waals surface area contributed by atoms with Crippen LogP contribution in [0.1, 0.15) is 49.9 Å². The topological polar surface area (TPSA) is 16.4 Å². The molecule has 2 heteroatoms. The predicted octanol–water partition coefficient (Wildman–Crippen LogP) is 13.3. The van der Waals surface area contributed by atoms with Crippen molar-refractivity contribution in [3.05, 3.63) is 174 Å². The molecule has 0 amide bonds. The van der Waals surface area contributed by atoms with Crippen LogP contribution >= 0.6 is 0 Å². The summed E-state index contributed by atoms with van der Waals surface area (Å²) in [6.45, 7) is 9.40. The Labute approximate surface area is 293 Å². The first-order valence-electron chi connectivity index (χ1n) is 17.6. The molecule has 2 aliphatic carbocycles. The minimum atomic E-state index is -0.0989. The van der Waals surface area contributed by atoms with E-state index in [-0.39, 0.29) is 10.8 Å². The number of benzene rings is 7. The first-order valence-corrected chi connectivity index (χ1v) is 17.6. The highest BCUT2D eigenvalue weighted by molar-refractivity contribution is 6.06. The second-order valence-electron chi connectivity index (χ2n) is 15.0. The molecule has 50 heavy (non-hydrogen) atoms. The molecule has 2 aliphatic rings. The van der Waals surface area contributed by atoms with Crippen LogP contribution in [-0.4, -0.2) is 0 Å². The van der Waals surface area contributed by atoms with E-state index in [1.165, 1.54) is 44.5 Å². The zero-order valence-corrected chi connectivity index (χ0v) is 28.8. The first-order chi connectivity index (χ1) is 24.3. The van der Waals surface area contributed by atoms with Gasteiger partial charge in [-0.25, -0.2) is 0 Å². The fourth-order valence-electron chi connectivity index (χ4n) is 8.86. The Balaban J connectivity index is 1.16. The van der Waals surface area contributed by atoms with Gasteiger partial charge in [0.25, 0.3) is 0 Å². The van der Waals surface area contributed by atoms with Crippen molar-refractivity contribution in [2.24, 2.45) is 0 Å². The monoisotopic (exact) mass is 643 g/mol. The Hall–Kier alpha value is -5.86. The number of nitrogens with zero attached hydrogens (tertiary/aromatic N) is 1. The van der Waals surface area contributed by atoms with E-state index in [1.807, 2.05) is 12.1 Å². The van der Waals surface area contributed by atoms with Gasteiger partial charge in [-0.3, -0.25) is 0 Å². The number of anilines is 3. The highest BCUT2D eigenvalue weighted by Crippen LogP contribution is 2.53. The molecule has 0 aliphatic heterocycles. The summed E-state index contributed by atoms with van der Waals surface area (Å²) in [6.07, 6.45) is 0. The molecule has 0 saturated carbocycles. The van der Waals surface area contributed by atoms with Gasteiger partial charge in [-0.05, 0) is 110 Å². The minimum absolute atomic E-state index is 0.0477. The smallest absolute Gasteiger partial charge is 0.136 e. The SMILES string of the molecule is CC1(C)c2ccccc2-c2cc(N(c3cccc(-c4ccc5c(c4)oc4ccccc45)c3)c3ccc4c(c3)C(C)(C)c3ccccc3-4)ccc21. The summed E-state index contributed by atoms with van der Waals surface area (Å²) in [5.74, 6) is 0. The Morgan fingerprint density at radius 1 is 0.380 bits per heavy atom. The number of para-hydroxylation sites is 1. The summed E-state index contributed by atoms with van der Waals surface area (Å²) in [4.78, 5) is 2.44. The number of fused-ring (bicyclic) bond motifs is 9. The number of rotatable bonds is 4. The summed E-state index contributed by atoms with van der Waals surface area (Å²) >= 11 is 0. The maximum Gasteiger partial charge on any atom is 0.136 e.